The molecule has 160 valence electrons. The Kier molecular flexibility index (Phi) is 9.66. The van der Waals surface area contributed by atoms with Crippen molar-refractivity contribution in [3.63, 3.8) is 0 Å². The number of rotatable bonds is 10. The molecule has 3 amide bonds. The van der Waals surface area contributed by atoms with Crippen molar-refractivity contribution in [1.82, 2.24) is 5.32 Å². The molecule has 9 heteroatoms. The van der Waals surface area contributed by atoms with Crippen molar-refractivity contribution in [3.8, 4) is 0 Å². The van der Waals surface area contributed by atoms with Crippen molar-refractivity contribution in [1.29, 1.82) is 0 Å². The summed E-state index contributed by atoms with van der Waals surface area (Å²) in [6.07, 6.45) is 2.38. The molecule has 0 radical (unpaired) electrons. The molecule has 0 aliphatic carbocycles. The summed E-state index contributed by atoms with van der Waals surface area (Å²) < 4.78 is 4.79. The number of anilines is 2. The fraction of sp³-hybridized carbons (Fsp3) is 0.286. The minimum absolute atomic E-state index is 0.0680. The normalized spacial score (nSPS) is 11.4. The van der Waals surface area contributed by atoms with Crippen LogP contribution in [-0.4, -0.2) is 49.5 Å². The summed E-state index contributed by atoms with van der Waals surface area (Å²) in [5.41, 5.74) is 1.33. The van der Waals surface area contributed by atoms with Crippen LogP contribution in [0.5, 0.6) is 0 Å². The van der Waals surface area contributed by atoms with Gasteiger partial charge in [0.1, 0.15) is 12.6 Å². The second-order valence-electron chi connectivity index (χ2n) is 6.34. The standard InChI is InChI=1S/C21H24ClN3O4S/c1-29-13-19(26)23-14-6-5-7-15(12-14)24-21(28)18(10-11-30-2)25-20(27)16-8-3-4-9-17(16)22/h3-9,12,18H,10-11,13H2,1-2H3,(H,23,26)(H,24,28)(H,25,27). The molecule has 1 unspecified atom stereocenters. The number of carbonyl (C=O) groups is 3. The minimum Gasteiger partial charge on any atom is -0.375 e. The van der Waals surface area contributed by atoms with Crippen molar-refractivity contribution < 1.29 is 19.1 Å². The number of hydrogen-bond donors (Lipinski definition) is 3. The molecule has 0 bridgehead atoms. The monoisotopic (exact) mass is 449 g/mol. The second-order valence-corrected chi connectivity index (χ2v) is 7.73. The molecule has 2 rings (SSSR count). The van der Waals surface area contributed by atoms with Crippen LogP contribution in [0, 0.1) is 0 Å². The maximum atomic E-state index is 12.8. The van der Waals surface area contributed by atoms with Crippen molar-refractivity contribution in [2.75, 3.05) is 36.4 Å². The van der Waals surface area contributed by atoms with Crippen LogP contribution in [-0.2, 0) is 14.3 Å². The molecule has 30 heavy (non-hydrogen) atoms. The van der Waals surface area contributed by atoms with Gasteiger partial charge in [-0.05, 0) is 48.8 Å². The zero-order chi connectivity index (χ0) is 21.9. The van der Waals surface area contributed by atoms with E-state index in [0.29, 0.717) is 34.1 Å². The SMILES string of the molecule is COCC(=O)Nc1cccc(NC(=O)C(CCSC)NC(=O)c2ccccc2Cl)c1. The maximum Gasteiger partial charge on any atom is 0.253 e. The number of hydrogen-bond acceptors (Lipinski definition) is 5. The van der Waals surface area contributed by atoms with Crippen LogP contribution >= 0.6 is 23.4 Å². The van der Waals surface area contributed by atoms with E-state index in [-0.39, 0.29) is 18.4 Å². The van der Waals surface area contributed by atoms with E-state index in [1.54, 1.807) is 60.3 Å². The number of amides is 3. The zero-order valence-electron chi connectivity index (χ0n) is 16.7. The van der Waals surface area contributed by atoms with Gasteiger partial charge in [-0.3, -0.25) is 14.4 Å². The third-order valence-corrected chi connectivity index (χ3v) is 5.01. The molecule has 2 aromatic carbocycles. The summed E-state index contributed by atoms with van der Waals surface area (Å²) in [5.74, 6) is -0.383. The quantitative estimate of drug-likeness (QED) is 0.516. The van der Waals surface area contributed by atoms with Crippen molar-refractivity contribution >= 4 is 52.5 Å². The van der Waals surface area contributed by atoms with E-state index in [2.05, 4.69) is 16.0 Å². The summed E-state index contributed by atoms with van der Waals surface area (Å²) in [5, 5.41) is 8.54. The lowest BCUT2D eigenvalue weighted by Crippen LogP contribution is -2.44. The largest absolute Gasteiger partial charge is 0.375 e. The number of ether oxygens (including phenoxy) is 1. The average molecular weight is 450 g/mol. The average Bonchev–Trinajstić information content (AvgIpc) is 2.71. The lowest BCUT2D eigenvalue weighted by molar-refractivity contribution is -0.119. The highest BCUT2D eigenvalue weighted by molar-refractivity contribution is 7.98. The van der Waals surface area contributed by atoms with E-state index in [9.17, 15) is 14.4 Å². The molecule has 2 aromatic rings. The molecular formula is C21H24ClN3O4S. The Morgan fingerprint density at radius 2 is 1.77 bits per heavy atom. The molecule has 0 aromatic heterocycles. The van der Waals surface area contributed by atoms with Gasteiger partial charge in [0.2, 0.25) is 11.8 Å². The Balaban J connectivity index is 2.09. The summed E-state index contributed by atoms with van der Waals surface area (Å²) in [7, 11) is 1.43. The first-order valence-corrected chi connectivity index (χ1v) is 11.0. The molecule has 0 aliphatic rings. The van der Waals surface area contributed by atoms with Gasteiger partial charge in [-0.1, -0.05) is 29.8 Å². The maximum absolute atomic E-state index is 12.8. The molecule has 0 saturated carbocycles. The van der Waals surface area contributed by atoms with Crippen LogP contribution in [0.3, 0.4) is 0 Å². The molecule has 0 aliphatic heterocycles. The van der Waals surface area contributed by atoms with E-state index < -0.39 is 11.9 Å². The highest BCUT2D eigenvalue weighted by atomic mass is 35.5. The summed E-state index contributed by atoms with van der Waals surface area (Å²) in [6.45, 7) is -0.0680. The topological polar surface area (TPSA) is 96.5 Å². The fourth-order valence-electron chi connectivity index (χ4n) is 2.62. The van der Waals surface area contributed by atoms with Crippen LogP contribution < -0.4 is 16.0 Å². The van der Waals surface area contributed by atoms with Gasteiger partial charge in [0.25, 0.3) is 5.91 Å². The van der Waals surface area contributed by atoms with Gasteiger partial charge in [0, 0.05) is 18.5 Å². The van der Waals surface area contributed by atoms with E-state index in [4.69, 9.17) is 16.3 Å². The van der Waals surface area contributed by atoms with Gasteiger partial charge in [-0.2, -0.15) is 11.8 Å². The number of thioether (sulfide) groups is 1. The lowest BCUT2D eigenvalue weighted by atomic mass is 10.1. The van der Waals surface area contributed by atoms with E-state index >= 15 is 0 Å². The Hall–Kier alpha value is -2.55. The van der Waals surface area contributed by atoms with Crippen LogP contribution in [0.4, 0.5) is 11.4 Å². The number of benzene rings is 2. The number of carbonyl (C=O) groups excluding carboxylic acids is 3. The van der Waals surface area contributed by atoms with Gasteiger partial charge in [-0.15, -0.1) is 0 Å². The molecule has 0 heterocycles. The third-order valence-electron chi connectivity index (χ3n) is 4.04. The molecule has 7 nitrogen and oxygen atoms in total. The summed E-state index contributed by atoms with van der Waals surface area (Å²) in [6, 6.07) is 12.7. The number of nitrogens with one attached hydrogen (secondary N) is 3. The zero-order valence-corrected chi connectivity index (χ0v) is 18.3. The van der Waals surface area contributed by atoms with E-state index in [1.165, 1.54) is 7.11 Å². The predicted molar refractivity (Wildman–Crippen MR) is 121 cm³/mol. The smallest absolute Gasteiger partial charge is 0.253 e. The molecule has 0 spiro atoms. The van der Waals surface area contributed by atoms with Gasteiger partial charge < -0.3 is 20.7 Å². The molecular weight excluding hydrogens is 426 g/mol. The second kappa shape index (κ2) is 12.2. The van der Waals surface area contributed by atoms with Gasteiger partial charge in [-0.25, -0.2) is 0 Å². The van der Waals surface area contributed by atoms with Crippen LogP contribution in [0.2, 0.25) is 5.02 Å². The number of halogens is 1. The van der Waals surface area contributed by atoms with Gasteiger partial charge >= 0.3 is 0 Å². The third kappa shape index (κ3) is 7.37. The highest BCUT2D eigenvalue weighted by Gasteiger charge is 2.22. The number of methoxy groups -OCH3 is 1. The van der Waals surface area contributed by atoms with Crippen LogP contribution in [0.15, 0.2) is 48.5 Å². The highest BCUT2D eigenvalue weighted by Crippen LogP contribution is 2.17. The first-order valence-electron chi connectivity index (χ1n) is 9.18. The summed E-state index contributed by atoms with van der Waals surface area (Å²) in [4.78, 5) is 37.1. The van der Waals surface area contributed by atoms with E-state index in [1.807, 2.05) is 6.26 Å². The van der Waals surface area contributed by atoms with Gasteiger partial charge in [0.15, 0.2) is 0 Å². The van der Waals surface area contributed by atoms with Crippen LogP contribution in [0.25, 0.3) is 0 Å². The van der Waals surface area contributed by atoms with Crippen molar-refractivity contribution in [2.24, 2.45) is 0 Å². The summed E-state index contributed by atoms with van der Waals surface area (Å²) >= 11 is 7.67. The Labute approximate surface area is 184 Å². The lowest BCUT2D eigenvalue weighted by Gasteiger charge is -2.19. The molecule has 0 saturated heterocycles. The first-order chi connectivity index (χ1) is 14.4. The van der Waals surface area contributed by atoms with Gasteiger partial charge in [0.05, 0.1) is 10.6 Å². The Bertz CT molecular complexity index is 894. The Morgan fingerprint density at radius 1 is 1.07 bits per heavy atom. The molecule has 1 atom stereocenters. The first kappa shape index (κ1) is 23.7. The predicted octanol–water partition coefficient (Wildman–Crippen LogP) is 3.42. The molecule has 0 fully saturated rings. The fourth-order valence-corrected chi connectivity index (χ4v) is 3.31. The van der Waals surface area contributed by atoms with Crippen molar-refractivity contribution in [2.45, 2.75) is 12.5 Å². The minimum atomic E-state index is -0.743. The van der Waals surface area contributed by atoms with Crippen molar-refractivity contribution in [3.05, 3.63) is 59.1 Å². The Morgan fingerprint density at radius 3 is 2.43 bits per heavy atom. The molecule has 3 N–H and O–H groups in total. The van der Waals surface area contributed by atoms with E-state index in [0.717, 1.165) is 0 Å². The van der Waals surface area contributed by atoms with Crippen LogP contribution in [0.1, 0.15) is 16.8 Å².